The number of carbonyl (C=O) groups excluding carboxylic acids is 1. The number of aromatic nitrogens is 1. The van der Waals surface area contributed by atoms with Gasteiger partial charge in [0.15, 0.2) is 0 Å². The Morgan fingerprint density at radius 2 is 1.90 bits per heavy atom. The molecular formula is C13H18BFN2O3. The molecule has 1 aliphatic heterocycles. The molecule has 1 fully saturated rings. The van der Waals surface area contributed by atoms with Crippen LogP contribution in [0.4, 0.5) is 4.39 Å². The van der Waals surface area contributed by atoms with Gasteiger partial charge < -0.3 is 15.0 Å². The summed E-state index contributed by atoms with van der Waals surface area (Å²) in [6.07, 6.45) is 1.29. The molecular weight excluding hydrogens is 262 g/mol. The lowest BCUT2D eigenvalue weighted by molar-refractivity contribution is -0.117. The van der Waals surface area contributed by atoms with Crippen molar-refractivity contribution in [1.82, 2.24) is 4.98 Å². The summed E-state index contributed by atoms with van der Waals surface area (Å²) in [7, 11) is -0.847. The van der Waals surface area contributed by atoms with Gasteiger partial charge in [-0.25, -0.2) is 4.98 Å². The number of hydrogen-bond donors (Lipinski definition) is 1. The van der Waals surface area contributed by atoms with Gasteiger partial charge >= 0.3 is 7.12 Å². The van der Waals surface area contributed by atoms with Gasteiger partial charge in [-0.3, -0.25) is 4.79 Å². The van der Waals surface area contributed by atoms with Crippen molar-refractivity contribution in [3.05, 3.63) is 23.8 Å². The summed E-state index contributed by atoms with van der Waals surface area (Å²) in [5.74, 6) is -1.17. The monoisotopic (exact) mass is 280 g/mol. The maximum Gasteiger partial charge on any atom is 0.499 e. The van der Waals surface area contributed by atoms with Gasteiger partial charge in [0.25, 0.3) is 0 Å². The van der Waals surface area contributed by atoms with E-state index < -0.39 is 30.2 Å². The minimum absolute atomic E-state index is 0.000213. The summed E-state index contributed by atoms with van der Waals surface area (Å²) in [6.45, 7) is 7.52. The zero-order chi connectivity index (χ0) is 15.1. The molecule has 1 saturated heterocycles. The van der Waals surface area contributed by atoms with Crippen molar-refractivity contribution >= 4 is 18.5 Å². The molecule has 1 amide bonds. The number of rotatable bonds is 3. The number of primary amides is 1. The summed E-state index contributed by atoms with van der Waals surface area (Å²) >= 11 is 0. The van der Waals surface area contributed by atoms with E-state index in [0.29, 0.717) is 5.56 Å². The van der Waals surface area contributed by atoms with Crippen LogP contribution in [-0.2, 0) is 20.5 Å². The fourth-order valence-electron chi connectivity index (χ4n) is 1.94. The van der Waals surface area contributed by atoms with Crippen molar-refractivity contribution < 1.29 is 18.5 Å². The summed E-state index contributed by atoms with van der Waals surface area (Å²) in [5, 5.41) is 0. The molecule has 1 aromatic heterocycles. The van der Waals surface area contributed by atoms with Crippen LogP contribution in [0.5, 0.6) is 0 Å². The Hall–Kier alpha value is -1.47. The van der Waals surface area contributed by atoms with E-state index in [1.54, 1.807) is 0 Å². The van der Waals surface area contributed by atoms with Gasteiger partial charge in [-0.05, 0) is 33.3 Å². The highest BCUT2D eigenvalue weighted by Gasteiger charge is 2.52. The maximum atomic E-state index is 13.9. The van der Waals surface area contributed by atoms with E-state index in [1.165, 1.54) is 12.3 Å². The van der Waals surface area contributed by atoms with Gasteiger partial charge in [-0.2, -0.15) is 4.39 Å². The summed E-state index contributed by atoms with van der Waals surface area (Å²) < 4.78 is 25.4. The number of nitrogens with two attached hydrogens (primary N) is 1. The Balaban J connectivity index is 2.32. The quantitative estimate of drug-likeness (QED) is 0.648. The van der Waals surface area contributed by atoms with Crippen molar-refractivity contribution in [2.75, 3.05) is 0 Å². The Kier molecular flexibility index (Phi) is 3.60. The van der Waals surface area contributed by atoms with E-state index in [-0.39, 0.29) is 11.9 Å². The normalized spacial score (nSPS) is 20.1. The number of pyridine rings is 1. The van der Waals surface area contributed by atoms with Gasteiger partial charge in [-0.1, -0.05) is 6.07 Å². The number of hydrogen-bond acceptors (Lipinski definition) is 4. The van der Waals surface area contributed by atoms with Crippen molar-refractivity contribution in [3.8, 4) is 0 Å². The standard InChI is InChI=1S/C13H18BFN2O3/c1-12(2)13(3,4)20-14(19-12)9-5-8(6-10(16)18)7-17-11(9)15/h5,7H,6H2,1-4H3,(H2,16,18). The minimum atomic E-state index is -0.847. The lowest BCUT2D eigenvalue weighted by Crippen LogP contribution is -2.41. The van der Waals surface area contributed by atoms with E-state index in [2.05, 4.69) is 4.98 Å². The molecule has 5 nitrogen and oxygen atoms in total. The van der Waals surface area contributed by atoms with Gasteiger partial charge in [0.05, 0.1) is 17.6 Å². The molecule has 108 valence electrons. The first-order chi connectivity index (χ1) is 9.12. The third kappa shape index (κ3) is 2.69. The second-order valence-corrected chi connectivity index (χ2v) is 5.95. The fraction of sp³-hybridized carbons (Fsp3) is 0.538. The van der Waals surface area contributed by atoms with Crippen LogP contribution in [-0.4, -0.2) is 29.2 Å². The number of nitrogens with zero attached hydrogens (tertiary/aromatic N) is 1. The van der Waals surface area contributed by atoms with E-state index >= 15 is 0 Å². The highest BCUT2D eigenvalue weighted by atomic mass is 19.1. The fourth-order valence-corrected chi connectivity index (χ4v) is 1.94. The molecule has 1 aliphatic rings. The molecule has 0 radical (unpaired) electrons. The van der Waals surface area contributed by atoms with Crippen molar-refractivity contribution in [2.24, 2.45) is 5.73 Å². The predicted octanol–water partition coefficient (Wildman–Crippen LogP) is 0.548. The lowest BCUT2D eigenvalue weighted by Gasteiger charge is -2.32. The average Bonchev–Trinajstić information content (AvgIpc) is 2.50. The first-order valence-electron chi connectivity index (χ1n) is 6.41. The van der Waals surface area contributed by atoms with E-state index in [4.69, 9.17) is 15.0 Å². The van der Waals surface area contributed by atoms with E-state index in [0.717, 1.165) is 0 Å². The third-order valence-electron chi connectivity index (χ3n) is 3.81. The van der Waals surface area contributed by atoms with Gasteiger partial charge in [0, 0.05) is 11.7 Å². The largest absolute Gasteiger partial charge is 0.499 e. The molecule has 0 spiro atoms. The van der Waals surface area contributed by atoms with Crippen LogP contribution in [0.1, 0.15) is 33.3 Å². The summed E-state index contributed by atoms with van der Waals surface area (Å²) in [4.78, 5) is 14.6. The van der Waals surface area contributed by atoms with Crippen LogP contribution in [0.3, 0.4) is 0 Å². The lowest BCUT2D eigenvalue weighted by atomic mass is 9.79. The molecule has 7 heteroatoms. The smallest absolute Gasteiger partial charge is 0.399 e. The van der Waals surface area contributed by atoms with Crippen molar-refractivity contribution in [1.29, 1.82) is 0 Å². The molecule has 0 bridgehead atoms. The molecule has 0 aliphatic carbocycles. The second kappa shape index (κ2) is 4.82. The minimum Gasteiger partial charge on any atom is -0.399 e. The van der Waals surface area contributed by atoms with Crippen LogP contribution in [0.2, 0.25) is 0 Å². The number of carbonyl (C=O) groups is 1. The van der Waals surface area contributed by atoms with Gasteiger partial charge in [0.2, 0.25) is 11.9 Å². The summed E-state index contributed by atoms with van der Waals surface area (Å²) in [5.41, 5.74) is 4.71. The Morgan fingerprint density at radius 3 is 2.40 bits per heavy atom. The zero-order valence-corrected chi connectivity index (χ0v) is 12.1. The Morgan fingerprint density at radius 1 is 1.35 bits per heavy atom. The zero-order valence-electron chi connectivity index (χ0n) is 12.1. The SMILES string of the molecule is CC1(C)OB(c2cc(CC(N)=O)cnc2F)OC1(C)C. The molecule has 20 heavy (non-hydrogen) atoms. The first kappa shape index (κ1) is 14.9. The van der Waals surface area contributed by atoms with E-state index in [9.17, 15) is 9.18 Å². The van der Waals surface area contributed by atoms with Crippen LogP contribution in [0, 0.1) is 5.95 Å². The van der Waals surface area contributed by atoms with Crippen molar-refractivity contribution in [2.45, 2.75) is 45.3 Å². The Bertz CT molecular complexity index is 532. The van der Waals surface area contributed by atoms with Crippen LogP contribution >= 0.6 is 0 Å². The molecule has 0 saturated carbocycles. The van der Waals surface area contributed by atoms with Gasteiger partial charge in [0.1, 0.15) is 0 Å². The van der Waals surface area contributed by atoms with Crippen LogP contribution in [0.25, 0.3) is 0 Å². The third-order valence-corrected chi connectivity index (χ3v) is 3.81. The van der Waals surface area contributed by atoms with Crippen LogP contribution < -0.4 is 11.2 Å². The molecule has 2 N–H and O–H groups in total. The van der Waals surface area contributed by atoms with E-state index in [1.807, 2.05) is 27.7 Å². The molecule has 2 rings (SSSR count). The van der Waals surface area contributed by atoms with Crippen molar-refractivity contribution in [3.63, 3.8) is 0 Å². The average molecular weight is 280 g/mol. The van der Waals surface area contributed by atoms with Gasteiger partial charge in [-0.15, -0.1) is 0 Å². The first-order valence-corrected chi connectivity index (χ1v) is 6.41. The predicted molar refractivity (Wildman–Crippen MR) is 72.8 cm³/mol. The molecule has 1 aromatic rings. The maximum absolute atomic E-state index is 13.9. The second-order valence-electron chi connectivity index (χ2n) is 5.95. The molecule has 0 aromatic carbocycles. The molecule has 0 unspecified atom stereocenters. The number of amides is 1. The highest BCUT2D eigenvalue weighted by Crippen LogP contribution is 2.36. The molecule has 2 heterocycles. The summed E-state index contributed by atoms with van der Waals surface area (Å²) in [6, 6.07) is 1.51. The molecule has 0 atom stereocenters. The topological polar surface area (TPSA) is 74.4 Å². The Labute approximate surface area is 117 Å². The van der Waals surface area contributed by atoms with Crippen LogP contribution in [0.15, 0.2) is 12.3 Å². The number of halogens is 1. The highest BCUT2D eigenvalue weighted by molar-refractivity contribution is 6.62.